The molecule has 2 nitrogen and oxygen atoms in total. The Morgan fingerprint density at radius 2 is 2.00 bits per heavy atom. The molecule has 19 heavy (non-hydrogen) atoms. The lowest BCUT2D eigenvalue weighted by atomic mass is 10.1. The third kappa shape index (κ3) is 4.54. The molecule has 1 aliphatic rings. The Balaban J connectivity index is 1.77. The van der Waals surface area contributed by atoms with Crippen LogP contribution in [0.25, 0.3) is 0 Å². The third-order valence-electron chi connectivity index (χ3n) is 3.86. The fraction of sp³-hybridized carbons (Fsp3) is 0.647. The van der Waals surface area contributed by atoms with Gasteiger partial charge in [0.25, 0.3) is 0 Å². The van der Waals surface area contributed by atoms with Crippen molar-refractivity contribution in [1.29, 1.82) is 0 Å². The van der Waals surface area contributed by atoms with Crippen molar-refractivity contribution in [1.82, 2.24) is 0 Å². The predicted octanol–water partition coefficient (Wildman–Crippen LogP) is 4.40. The van der Waals surface area contributed by atoms with Crippen LogP contribution >= 0.6 is 0 Å². The van der Waals surface area contributed by atoms with Gasteiger partial charge >= 0.3 is 0 Å². The molecule has 0 radical (unpaired) electrons. The van der Waals surface area contributed by atoms with E-state index in [0.717, 1.165) is 19.4 Å². The standard InChI is InChI=1S/C17H27NO/c1-4-5-6-14-7-9-15(10-8-14)18-13-16-11-12-17(2,3)19-16/h7-10,16,18H,4-6,11-13H2,1-3H3. The molecule has 0 spiro atoms. The van der Waals surface area contributed by atoms with E-state index in [4.69, 9.17) is 4.74 Å². The van der Waals surface area contributed by atoms with E-state index < -0.39 is 0 Å². The van der Waals surface area contributed by atoms with Crippen LogP contribution in [0.2, 0.25) is 0 Å². The molecule has 1 unspecified atom stereocenters. The van der Waals surface area contributed by atoms with Crippen molar-refractivity contribution in [2.45, 2.75) is 64.6 Å². The van der Waals surface area contributed by atoms with Crippen LogP contribution in [0, 0.1) is 0 Å². The van der Waals surface area contributed by atoms with Gasteiger partial charge in [-0.1, -0.05) is 25.5 Å². The number of hydrogen-bond donors (Lipinski definition) is 1. The zero-order chi connectivity index (χ0) is 13.7. The Kier molecular flexibility index (Phi) is 4.87. The van der Waals surface area contributed by atoms with E-state index in [-0.39, 0.29) is 5.60 Å². The molecule has 0 aromatic heterocycles. The number of hydrogen-bond acceptors (Lipinski definition) is 2. The minimum absolute atomic E-state index is 0.0658. The molecule has 2 heteroatoms. The Morgan fingerprint density at radius 1 is 1.26 bits per heavy atom. The van der Waals surface area contributed by atoms with Gasteiger partial charge in [-0.05, 0) is 57.2 Å². The summed E-state index contributed by atoms with van der Waals surface area (Å²) in [4.78, 5) is 0. The van der Waals surface area contributed by atoms with Crippen molar-refractivity contribution in [2.24, 2.45) is 0 Å². The highest BCUT2D eigenvalue weighted by molar-refractivity contribution is 5.44. The van der Waals surface area contributed by atoms with Crippen LogP contribution in [-0.2, 0) is 11.2 Å². The van der Waals surface area contributed by atoms with Crippen molar-refractivity contribution in [3.63, 3.8) is 0 Å². The second-order valence-corrected chi connectivity index (χ2v) is 6.22. The molecule has 0 aliphatic carbocycles. The van der Waals surface area contributed by atoms with E-state index in [2.05, 4.69) is 50.4 Å². The minimum Gasteiger partial charge on any atom is -0.382 e. The van der Waals surface area contributed by atoms with Crippen LogP contribution in [0.1, 0.15) is 52.0 Å². The lowest BCUT2D eigenvalue weighted by Gasteiger charge is -2.19. The molecule has 2 rings (SSSR count). The molecule has 1 aliphatic heterocycles. The van der Waals surface area contributed by atoms with Gasteiger partial charge in [-0.2, -0.15) is 0 Å². The lowest BCUT2D eigenvalue weighted by molar-refractivity contribution is -0.00910. The van der Waals surface area contributed by atoms with Gasteiger partial charge in [-0.15, -0.1) is 0 Å². The van der Waals surface area contributed by atoms with Crippen molar-refractivity contribution < 1.29 is 4.74 Å². The molecular formula is C17H27NO. The van der Waals surface area contributed by atoms with E-state index in [0.29, 0.717) is 6.10 Å². The van der Waals surface area contributed by atoms with Gasteiger partial charge in [0.05, 0.1) is 11.7 Å². The van der Waals surface area contributed by atoms with Crippen LogP contribution in [0.3, 0.4) is 0 Å². The maximum atomic E-state index is 5.98. The maximum absolute atomic E-state index is 5.98. The van der Waals surface area contributed by atoms with Crippen molar-refractivity contribution in [3.8, 4) is 0 Å². The predicted molar refractivity (Wildman–Crippen MR) is 81.7 cm³/mol. The van der Waals surface area contributed by atoms with Gasteiger partial charge in [0.2, 0.25) is 0 Å². The summed E-state index contributed by atoms with van der Waals surface area (Å²) in [6, 6.07) is 8.84. The Morgan fingerprint density at radius 3 is 2.58 bits per heavy atom. The fourth-order valence-corrected chi connectivity index (χ4v) is 2.62. The molecule has 106 valence electrons. The van der Waals surface area contributed by atoms with E-state index in [1.165, 1.54) is 30.5 Å². The van der Waals surface area contributed by atoms with Gasteiger partial charge in [0, 0.05) is 12.2 Å². The first-order valence-electron chi connectivity index (χ1n) is 7.60. The van der Waals surface area contributed by atoms with Gasteiger partial charge in [-0.3, -0.25) is 0 Å². The first kappa shape index (κ1) is 14.4. The van der Waals surface area contributed by atoms with E-state index in [1.54, 1.807) is 0 Å². The zero-order valence-corrected chi connectivity index (χ0v) is 12.5. The number of unbranched alkanes of at least 4 members (excludes halogenated alkanes) is 1. The van der Waals surface area contributed by atoms with Gasteiger partial charge in [0.15, 0.2) is 0 Å². The smallest absolute Gasteiger partial charge is 0.0755 e. The molecule has 0 saturated carbocycles. The molecule has 0 amide bonds. The molecule has 1 aromatic rings. The Bertz CT molecular complexity index is 383. The summed E-state index contributed by atoms with van der Waals surface area (Å²) >= 11 is 0. The van der Waals surface area contributed by atoms with E-state index in [9.17, 15) is 0 Å². The van der Waals surface area contributed by atoms with E-state index >= 15 is 0 Å². The summed E-state index contributed by atoms with van der Waals surface area (Å²) in [6.45, 7) is 7.50. The van der Waals surface area contributed by atoms with Gasteiger partial charge < -0.3 is 10.1 Å². The molecule has 1 heterocycles. The summed E-state index contributed by atoms with van der Waals surface area (Å²) in [7, 11) is 0. The molecule has 1 saturated heterocycles. The summed E-state index contributed by atoms with van der Waals surface area (Å²) in [5.74, 6) is 0. The third-order valence-corrected chi connectivity index (χ3v) is 3.86. The molecule has 1 fully saturated rings. The average Bonchev–Trinajstić information content (AvgIpc) is 2.75. The quantitative estimate of drug-likeness (QED) is 0.819. The second kappa shape index (κ2) is 6.42. The van der Waals surface area contributed by atoms with Crippen molar-refractivity contribution in [2.75, 3.05) is 11.9 Å². The molecule has 1 aromatic carbocycles. The minimum atomic E-state index is 0.0658. The monoisotopic (exact) mass is 261 g/mol. The Hall–Kier alpha value is -1.02. The summed E-state index contributed by atoms with van der Waals surface area (Å²) in [5.41, 5.74) is 2.70. The normalized spacial score (nSPS) is 21.5. The first-order chi connectivity index (χ1) is 9.09. The largest absolute Gasteiger partial charge is 0.382 e. The number of nitrogens with one attached hydrogen (secondary N) is 1. The van der Waals surface area contributed by atoms with Crippen LogP contribution < -0.4 is 5.32 Å². The van der Waals surface area contributed by atoms with Gasteiger partial charge in [-0.25, -0.2) is 0 Å². The fourth-order valence-electron chi connectivity index (χ4n) is 2.62. The summed E-state index contributed by atoms with van der Waals surface area (Å²) in [6.07, 6.45) is 6.41. The highest BCUT2D eigenvalue weighted by Crippen LogP contribution is 2.29. The van der Waals surface area contributed by atoms with Crippen molar-refractivity contribution in [3.05, 3.63) is 29.8 Å². The average molecular weight is 261 g/mol. The molecule has 0 bridgehead atoms. The number of rotatable bonds is 6. The Labute approximate surface area is 117 Å². The summed E-state index contributed by atoms with van der Waals surface area (Å²) < 4.78 is 5.98. The first-order valence-corrected chi connectivity index (χ1v) is 7.60. The number of benzene rings is 1. The van der Waals surface area contributed by atoms with Crippen molar-refractivity contribution >= 4 is 5.69 Å². The number of ether oxygens (including phenoxy) is 1. The lowest BCUT2D eigenvalue weighted by Crippen LogP contribution is -2.24. The summed E-state index contributed by atoms with van der Waals surface area (Å²) in [5, 5.41) is 3.48. The highest BCUT2D eigenvalue weighted by atomic mass is 16.5. The zero-order valence-electron chi connectivity index (χ0n) is 12.5. The number of aryl methyl sites for hydroxylation is 1. The van der Waals surface area contributed by atoms with Crippen LogP contribution in [0.5, 0.6) is 0 Å². The van der Waals surface area contributed by atoms with Crippen LogP contribution in [0.15, 0.2) is 24.3 Å². The maximum Gasteiger partial charge on any atom is 0.0755 e. The van der Waals surface area contributed by atoms with Crippen LogP contribution in [-0.4, -0.2) is 18.2 Å². The van der Waals surface area contributed by atoms with Crippen LogP contribution in [0.4, 0.5) is 5.69 Å². The topological polar surface area (TPSA) is 21.3 Å². The molecule has 1 atom stereocenters. The van der Waals surface area contributed by atoms with Gasteiger partial charge in [0.1, 0.15) is 0 Å². The molecular weight excluding hydrogens is 234 g/mol. The second-order valence-electron chi connectivity index (χ2n) is 6.22. The van der Waals surface area contributed by atoms with E-state index in [1.807, 2.05) is 0 Å². The SMILES string of the molecule is CCCCc1ccc(NCC2CCC(C)(C)O2)cc1. The highest BCUT2D eigenvalue weighted by Gasteiger charge is 2.31. The molecule has 1 N–H and O–H groups in total. The number of anilines is 1.